The Kier molecular flexibility index (Phi) is 4.74. The Morgan fingerprint density at radius 1 is 1.28 bits per heavy atom. The van der Waals surface area contributed by atoms with Crippen molar-refractivity contribution in [3.05, 3.63) is 35.6 Å². The minimum absolute atomic E-state index is 0.248. The van der Waals surface area contributed by atoms with E-state index in [0.717, 1.165) is 17.7 Å². The molecule has 1 aromatic carbocycles. The van der Waals surface area contributed by atoms with Crippen molar-refractivity contribution >= 4 is 17.9 Å². The molecule has 25 heavy (non-hydrogen) atoms. The van der Waals surface area contributed by atoms with Gasteiger partial charge >= 0.3 is 12.0 Å². The van der Waals surface area contributed by atoms with Gasteiger partial charge in [-0.3, -0.25) is 14.5 Å². The summed E-state index contributed by atoms with van der Waals surface area (Å²) in [6.45, 7) is 2.07. The van der Waals surface area contributed by atoms with Crippen molar-refractivity contribution in [2.45, 2.75) is 44.1 Å². The molecule has 1 heterocycles. The van der Waals surface area contributed by atoms with E-state index in [1.165, 1.54) is 13.0 Å². The summed E-state index contributed by atoms with van der Waals surface area (Å²) < 4.78 is 19.7. The Hall–Kier alpha value is -2.44. The first kappa shape index (κ1) is 17.4. The van der Waals surface area contributed by atoms with Crippen molar-refractivity contribution < 1.29 is 23.5 Å². The highest BCUT2D eigenvalue weighted by atomic mass is 19.1. The van der Waals surface area contributed by atoms with Crippen LogP contribution in [-0.2, 0) is 19.7 Å². The van der Waals surface area contributed by atoms with Gasteiger partial charge in [-0.1, -0.05) is 31.0 Å². The summed E-state index contributed by atoms with van der Waals surface area (Å²) in [7, 11) is 0. The van der Waals surface area contributed by atoms with Crippen LogP contribution in [0.25, 0.3) is 0 Å². The molecule has 1 aliphatic carbocycles. The van der Waals surface area contributed by atoms with E-state index in [-0.39, 0.29) is 6.54 Å². The van der Waals surface area contributed by atoms with Crippen LogP contribution < -0.4 is 5.32 Å². The van der Waals surface area contributed by atoms with Gasteiger partial charge in [0.25, 0.3) is 5.91 Å². The number of nitrogens with zero attached hydrogens (tertiary/aromatic N) is 1. The summed E-state index contributed by atoms with van der Waals surface area (Å²) in [5.74, 6) is -1.61. The zero-order chi connectivity index (χ0) is 18.0. The number of halogens is 1. The summed E-state index contributed by atoms with van der Waals surface area (Å²) in [5.41, 5.74) is -0.747. The number of benzene rings is 1. The van der Waals surface area contributed by atoms with Gasteiger partial charge in [-0.2, -0.15) is 0 Å². The zero-order valence-electron chi connectivity index (χ0n) is 14.1. The lowest BCUT2D eigenvalue weighted by atomic mass is 9.78. The van der Waals surface area contributed by atoms with E-state index < -0.39 is 35.2 Å². The average Bonchev–Trinajstić information content (AvgIpc) is 3.24. The van der Waals surface area contributed by atoms with E-state index in [1.54, 1.807) is 18.2 Å². The highest BCUT2D eigenvalue weighted by Crippen LogP contribution is 2.43. The molecule has 134 valence electrons. The quantitative estimate of drug-likeness (QED) is 0.846. The van der Waals surface area contributed by atoms with Crippen LogP contribution in [0.1, 0.15) is 38.2 Å². The molecule has 3 amide bonds. The van der Waals surface area contributed by atoms with Gasteiger partial charge in [-0.15, -0.1) is 0 Å². The second-order valence-corrected chi connectivity index (χ2v) is 6.54. The van der Waals surface area contributed by atoms with Crippen LogP contribution in [-0.4, -0.2) is 42.0 Å². The molecule has 7 heteroatoms. The minimum Gasteiger partial charge on any atom is -0.452 e. The molecule has 0 aromatic heterocycles. The maximum Gasteiger partial charge on any atom is 0.324 e. The van der Waals surface area contributed by atoms with Crippen LogP contribution in [0.15, 0.2) is 24.3 Å². The van der Waals surface area contributed by atoms with Crippen molar-refractivity contribution in [1.29, 1.82) is 0 Å². The van der Waals surface area contributed by atoms with Gasteiger partial charge in [0.05, 0.1) is 5.41 Å². The van der Waals surface area contributed by atoms with E-state index in [1.807, 2.05) is 0 Å². The SMILES string of the molecule is C[C@H](OC(=O)C1(c2ccccc2F)CCCC1)C(=O)N1CCNC1=O. The van der Waals surface area contributed by atoms with Gasteiger partial charge in [0.2, 0.25) is 0 Å². The number of amides is 3. The standard InChI is InChI=1S/C18H21FN2O4/c1-12(15(22)21-11-10-20-17(21)24)25-16(23)18(8-4-5-9-18)13-6-2-3-7-14(13)19/h2-3,6-7,12H,4-5,8-11H2,1H3,(H,20,24)/t12-/m0/s1. The summed E-state index contributed by atoms with van der Waals surface area (Å²) in [5, 5.41) is 2.53. The Balaban J connectivity index is 1.79. The molecule has 0 spiro atoms. The van der Waals surface area contributed by atoms with Crippen LogP contribution in [0.5, 0.6) is 0 Å². The third-order valence-electron chi connectivity index (χ3n) is 4.99. The van der Waals surface area contributed by atoms with E-state index >= 15 is 0 Å². The van der Waals surface area contributed by atoms with E-state index in [2.05, 4.69) is 5.32 Å². The molecule has 1 atom stereocenters. The topological polar surface area (TPSA) is 75.7 Å². The Bertz CT molecular complexity index is 700. The van der Waals surface area contributed by atoms with Gasteiger partial charge < -0.3 is 10.1 Å². The molecule has 1 aliphatic heterocycles. The second-order valence-electron chi connectivity index (χ2n) is 6.54. The molecule has 0 radical (unpaired) electrons. The van der Waals surface area contributed by atoms with Crippen molar-refractivity contribution in [1.82, 2.24) is 10.2 Å². The maximum absolute atomic E-state index is 14.3. The number of imide groups is 1. The van der Waals surface area contributed by atoms with Crippen LogP contribution in [0.3, 0.4) is 0 Å². The molecular formula is C18H21FN2O4. The normalized spacial score (nSPS) is 20.2. The minimum atomic E-state index is -1.10. The first-order valence-corrected chi connectivity index (χ1v) is 8.51. The van der Waals surface area contributed by atoms with E-state index in [4.69, 9.17) is 4.74 Å². The third kappa shape index (κ3) is 3.10. The molecule has 1 N–H and O–H groups in total. The Morgan fingerprint density at radius 2 is 1.96 bits per heavy atom. The van der Waals surface area contributed by atoms with E-state index in [0.29, 0.717) is 24.9 Å². The molecule has 2 fully saturated rings. The summed E-state index contributed by atoms with van der Waals surface area (Å²) in [6, 6.07) is 5.70. The molecule has 1 aromatic rings. The fourth-order valence-electron chi connectivity index (χ4n) is 3.64. The largest absolute Gasteiger partial charge is 0.452 e. The molecular weight excluding hydrogens is 327 g/mol. The Morgan fingerprint density at radius 3 is 2.56 bits per heavy atom. The molecule has 6 nitrogen and oxygen atoms in total. The van der Waals surface area contributed by atoms with E-state index in [9.17, 15) is 18.8 Å². The van der Waals surface area contributed by atoms with Gasteiger partial charge in [0.15, 0.2) is 6.10 Å². The maximum atomic E-state index is 14.3. The number of ether oxygens (including phenoxy) is 1. The van der Waals surface area contributed by atoms with Crippen molar-refractivity contribution in [2.75, 3.05) is 13.1 Å². The average molecular weight is 348 g/mol. The number of nitrogens with one attached hydrogen (secondary N) is 1. The molecule has 0 bridgehead atoms. The lowest BCUT2D eigenvalue weighted by Crippen LogP contribution is -2.45. The molecule has 3 rings (SSSR count). The lowest BCUT2D eigenvalue weighted by Gasteiger charge is -2.29. The highest BCUT2D eigenvalue weighted by molar-refractivity contribution is 5.98. The monoisotopic (exact) mass is 348 g/mol. The number of carbonyl (C=O) groups is 3. The first-order valence-electron chi connectivity index (χ1n) is 8.51. The van der Waals surface area contributed by atoms with Crippen molar-refractivity contribution in [2.24, 2.45) is 0 Å². The number of hydrogen-bond acceptors (Lipinski definition) is 4. The Labute approximate surface area is 145 Å². The molecule has 1 saturated heterocycles. The van der Waals surface area contributed by atoms with Gasteiger partial charge in [-0.25, -0.2) is 9.18 Å². The van der Waals surface area contributed by atoms with Gasteiger partial charge in [0.1, 0.15) is 5.82 Å². The number of esters is 1. The third-order valence-corrected chi connectivity index (χ3v) is 4.99. The van der Waals surface area contributed by atoms with Crippen molar-refractivity contribution in [3.8, 4) is 0 Å². The fourth-order valence-corrected chi connectivity index (χ4v) is 3.64. The summed E-state index contributed by atoms with van der Waals surface area (Å²) in [6.07, 6.45) is 1.46. The number of hydrogen-bond donors (Lipinski definition) is 1. The second kappa shape index (κ2) is 6.82. The highest BCUT2D eigenvalue weighted by Gasteiger charge is 2.47. The number of urea groups is 1. The van der Waals surface area contributed by atoms with Crippen LogP contribution >= 0.6 is 0 Å². The first-order chi connectivity index (χ1) is 12.0. The molecule has 2 aliphatic rings. The van der Waals surface area contributed by atoms with Gasteiger partial charge in [-0.05, 0) is 25.8 Å². The van der Waals surface area contributed by atoms with Crippen LogP contribution in [0, 0.1) is 5.82 Å². The summed E-state index contributed by atoms with van der Waals surface area (Å²) in [4.78, 5) is 37.8. The number of rotatable bonds is 4. The summed E-state index contributed by atoms with van der Waals surface area (Å²) >= 11 is 0. The predicted molar refractivity (Wildman–Crippen MR) is 87.2 cm³/mol. The molecule has 0 unspecified atom stereocenters. The van der Waals surface area contributed by atoms with Crippen LogP contribution in [0.2, 0.25) is 0 Å². The fraction of sp³-hybridized carbons (Fsp3) is 0.500. The lowest BCUT2D eigenvalue weighted by molar-refractivity contribution is -0.162. The van der Waals surface area contributed by atoms with Crippen molar-refractivity contribution in [3.63, 3.8) is 0 Å². The van der Waals surface area contributed by atoms with Crippen LogP contribution in [0.4, 0.5) is 9.18 Å². The predicted octanol–water partition coefficient (Wildman–Crippen LogP) is 2.12. The number of carbonyl (C=O) groups excluding carboxylic acids is 3. The smallest absolute Gasteiger partial charge is 0.324 e. The zero-order valence-corrected chi connectivity index (χ0v) is 14.1. The van der Waals surface area contributed by atoms with Gasteiger partial charge in [0, 0.05) is 18.7 Å². The molecule has 1 saturated carbocycles.